The molecule has 1 aliphatic rings. The standard InChI is InChI=1S/C8H18N3/c1-5-11-7-6-10(4)8(11)9(2)3/h5-7H2,1-4H3/q+1. The smallest absolute Gasteiger partial charge is 0.270 e. The molecular formula is C8H18N3+. The number of guanidine groups is 1. The van der Waals surface area contributed by atoms with E-state index in [0.29, 0.717) is 0 Å². The molecule has 0 spiro atoms. The first-order chi connectivity index (χ1) is 5.16. The first kappa shape index (κ1) is 8.37. The van der Waals surface area contributed by atoms with Crippen molar-refractivity contribution in [1.82, 2.24) is 9.80 Å². The van der Waals surface area contributed by atoms with Crippen LogP contribution in [0.25, 0.3) is 0 Å². The third-order valence-corrected chi connectivity index (χ3v) is 2.11. The van der Waals surface area contributed by atoms with Gasteiger partial charge in [-0.2, -0.15) is 0 Å². The van der Waals surface area contributed by atoms with Gasteiger partial charge in [-0.05, 0) is 6.92 Å². The Bertz CT molecular complexity index is 170. The van der Waals surface area contributed by atoms with Crippen LogP contribution in [0.3, 0.4) is 0 Å². The molecule has 0 aliphatic carbocycles. The molecule has 0 atom stereocenters. The van der Waals surface area contributed by atoms with E-state index in [2.05, 4.69) is 42.4 Å². The van der Waals surface area contributed by atoms with Crippen LogP contribution in [-0.4, -0.2) is 61.1 Å². The van der Waals surface area contributed by atoms with Crippen molar-refractivity contribution in [1.29, 1.82) is 0 Å². The molecule has 11 heavy (non-hydrogen) atoms. The summed E-state index contributed by atoms with van der Waals surface area (Å²) in [5.74, 6) is 1.34. The van der Waals surface area contributed by atoms with Crippen molar-refractivity contribution in [3.8, 4) is 0 Å². The zero-order valence-electron chi connectivity index (χ0n) is 7.96. The summed E-state index contributed by atoms with van der Waals surface area (Å²) < 4.78 is 2.18. The maximum Gasteiger partial charge on any atom is 0.350 e. The highest BCUT2D eigenvalue weighted by Gasteiger charge is 2.30. The average molecular weight is 156 g/mol. The topological polar surface area (TPSA) is 9.49 Å². The number of nitrogens with zero attached hydrogens (tertiary/aromatic N) is 3. The Hall–Kier alpha value is -0.730. The van der Waals surface area contributed by atoms with Gasteiger partial charge in [-0.25, -0.2) is 0 Å². The number of rotatable bonds is 1. The van der Waals surface area contributed by atoms with Crippen LogP contribution in [0.15, 0.2) is 0 Å². The fourth-order valence-corrected chi connectivity index (χ4v) is 1.64. The van der Waals surface area contributed by atoms with Gasteiger partial charge < -0.3 is 0 Å². The molecule has 3 nitrogen and oxygen atoms in total. The molecule has 1 aliphatic heterocycles. The van der Waals surface area contributed by atoms with Crippen LogP contribution >= 0.6 is 0 Å². The molecule has 1 heterocycles. The zero-order valence-corrected chi connectivity index (χ0v) is 7.96. The van der Waals surface area contributed by atoms with Gasteiger partial charge in [-0.15, -0.1) is 0 Å². The molecule has 0 radical (unpaired) electrons. The van der Waals surface area contributed by atoms with Gasteiger partial charge in [0.05, 0.1) is 40.8 Å². The first-order valence-electron chi connectivity index (χ1n) is 4.17. The Balaban J connectivity index is 2.80. The van der Waals surface area contributed by atoms with Crippen LogP contribution in [0.5, 0.6) is 0 Å². The summed E-state index contributed by atoms with van der Waals surface area (Å²) in [6, 6.07) is 0. The molecule has 1 fully saturated rings. The minimum absolute atomic E-state index is 1.11. The lowest BCUT2D eigenvalue weighted by molar-refractivity contribution is -0.474. The van der Waals surface area contributed by atoms with Gasteiger partial charge in [-0.1, -0.05) is 0 Å². The van der Waals surface area contributed by atoms with E-state index in [-0.39, 0.29) is 0 Å². The number of hydrogen-bond donors (Lipinski definition) is 0. The van der Waals surface area contributed by atoms with E-state index in [1.54, 1.807) is 0 Å². The lowest BCUT2D eigenvalue weighted by Crippen LogP contribution is -2.37. The van der Waals surface area contributed by atoms with Crippen LogP contribution in [-0.2, 0) is 0 Å². The van der Waals surface area contributed by atoms with E-state index in [1.807, 2.05) is 0 Å². The molecular weight excluding hydrogens is 138 g/mol. The van der Waals surface area contributed by atoms with Crippen molar-refractivity contribution in [3.05, 3.63) is 0 Å². The maximum absolute atomic E-state index is 2.39. The summed E-state index contributed by atoms with van der Waals surface area (Å²) in [6.07, 6.45) is 0. The monoisotopic (exact) mass is 156 g/mol. The van der Waals surface area contributed by atoms with Gasteiger partial charge >= 0.3 is 5.96 Å². The van der Waals surface area contributed by atoms with Gasteiger partial charge in [0.2, 0.25) is 0 Å². The van der Waals surface area contributed by atoms with Crippen molar-refractivity contribution in [2.75, 3.05) is 40.8 Å². The van der Waals surface area contributed by atoms with Crippen LogP contribution in [0, 0.1) is 0 Å². The van der Waals surface area contributed by atoms with E-state index in [1.165, 1.54) is 12.5 Å². The van der Waals surface area contributed by atoms with Crippen molar-refractivity contribution in [2.24, 2.45) is 0 Å². The van der Waals surface area contributed by atoms with E-state index in [9.17, 15) is 0 Å². The number of likely N-dealkylation sites (N-methyl/N-ethyl adjacent to an activating group) is 2. The summed E-state index contributed by atoms with van der Waals surface area (Å²) in [4.78, 5) is 4.68. The van der Waals surface area contributed by atoms with Gasteiger partial charge in [0.15, 0.2) is 0 Å². The average Bonchev–Trinajstić information content (AvgIpc) is 2.30. The van der Waals surface area contributed by atoms with Crippen molar-refractivity contribution >= 4 is 5.96 Å². The highest BCUT2D eigenvalue weighted by Crippen LogP contribution is 2.04. The van der Waals surface area contributed by atoms with Crippen molar-refractivity contribution in [3.63, 3.8) is 0 Å². The second-order valence-corrected chi connectivity index (χ2v) is 3.20. The van der Waals surface area contributed by atoms with Crippen molar-refractivity contribution in [2.45, 2.75) is 6.92 Å². The third-order valence-electron chi connectivity index (χ3n) is 2.11. The SMILES string of the molecule is CCN1CCN(C)C1=[N+](C)C. The summed E-state index contributed by atoms with van der Waals surface area (Å²) in [7, 11) is 6.34. The highest BCUT2D eigenvalue weighted by atomic mass is 15.4. The molecule has 0 amide bonds. The summed E-state index contributed by atoms with van der Waals surface area (Å²) in [5.41, 5.74) is 0. The van der Waals surface area contributed by atoms with E-state index < -0.39 is 0 Å². The van der Waals surface area contributed by atoms with Gasteiger partial charge in [0.1, 0.15) is 0 Å². The Morgan fingerprint density at radius 1 is 1.36 bits per heavy atom. The predicted molar refractivity (Wildman–Crippen MR) is 47.0 cm³/mol. The molecule has 1 saturated heterocycles. The Morgan fingerprint density at radius 2 is 2.00 bits per heavy atom. The third kappa shape index (κ3) is 1.47. The second-order valence-electron chi connectivity index (χ2n) is 3.20. The lowest BCUT2D eigenvalue weighted by Gasteiger charge is -2.13. The largest absolute Gasteiger partial charge is 0.350 e. The minimum Gasteiger partial charge on any atom is -0.270 e. The summed E-state index contributed by atoms with van der Waals surface area (Å²) >= 11 is 0. The first-order valence-corrected chi connectivity index (χ1v) is 4.17. The Morgan fingerprint density at radius 3 is 2.36 bits per heavy atom. The second kappa shape index (κ2) is 3.11. The molecule has 0 aromatic heterocycles. The molecule has 0 bridgehead atoms. The van der Waals surface area contributed by atoms with Gasteiger partial charge in [-0.3, -0.25) is 14.4 Å². The maximum atomic E-state index is 2.39. The molecule has 0 aromatic carbocycles. The van der Waals surface area contributed by atoms with Gasteiger partial charge in [0.25, 0.3) is 0 Å². The molecule has 3 heteroatoms. The van der Waals surface area contributed by atoms with Gasteiger partial charge in [0, 0.05) is 0 Å². The Kier molecular flexibility index (Phi) is 2.37. The fraction of sp³-hybridized carbons (Fsp3) is 0.875. The molecule has 0 saturated carbocycles. The Labute approximate surface area is 68.9 Å². The molecule has 1 rings (SSSR count). The lowest BCUT2D eigenvalue weighted by atomic mass is 10.6. The molecule has 0 N–H and O–H groups in total. The quantitative estimate of drug-likeness (QED) is 0.490. The molecule has 0 unspecified atom stereocenters. The van der Waals surface area contributed by atoms with Crippen LogP contribution in [0.1, 0.15) is 6.92 Å². The van der Waals surface area contributed by atoms with Crippen LogP contribution in [0.2, 0.25) is 0 Å². The van der Waals surface area contributed by atoms with Crippen molar-refractivity contribution < 1.29 is 4.58 Å². The highest BCUT2D eigenvalue weighted by molar-refractivity contribution is 5.76. The molecule has 0 aromatic rings. The van der Waals surface area contributed by atoms with Crippen LogP contribution in [0.4, 0.5) is 0 Å². The zero-order chi connectivity index (χ0) is 8.43. The summed E-state index contributed by atoms with van der Waals surface area (Å²) in [5, 5.41) is 0. The predicted octanol–water partition coefficient (Wildman–Crippen LogP) is -0.118. The molecule has 64 valence electrons. The van der Waals surface area contributed by atoms with E-state index >= 15 is 0 Å². The normalized spacial score (nSPS) is 18.0. The van der Waals surface area contributed by atoms with E-state index in [4.69, 9.17) is 0 Å². The number of hydrogen-bond acceptors (Lipinski definition) is 0. The van der Waals surface area contributed by atoms with E-state index in [0.717, 1.165) is 13.1 Å². The minimum atomic E-state index is 1.11. The van der Waals surface area contributed by atoms with Crippen LogP contribution < -0.4 is 0 Å². The summed E-state index contributed by atoms with van der Waals surface area (Å²) in [6.45, 7) is 5.63. The fourth-order valence-electron chi connectivity index (χ4n) is 1.64.